The molecule has 31 heavy (non-hydrogen) atoms. The minimum atomic E-state index is 0. The first-order chi connectivity index (χ1) is 14.8. The van der Waals surface area contributed by atoms with E-state index >= 15 is 0 Å². The summed E-state index contributed by atoms with van der Waals surface area (Å²) in [5.41, 5.74) is 1.37. The Labute approximate surface area is 207 Å². The van der Waals surface area contributed by atoms with Crippen LogP contribution >= 0.6 is 35.3 Å². The van der Waals surface area contributed by atoms with Gasteiger partial charge in [-0.2, -0.15) is 0 Å². The second kappa shape index (κ2) is 12.1. The van der Waals surface area contributed by atoms with E-state index in [9.17, 15) is 0 Å². The van der Waals surface area contributed by atoms with Crippen molar-refractivity contribution in [2.24, 2.45) is 4.99 Å². The number of nitrogens with one attached hydrogen (secondary N) is 1. The van der Waals surface area contributed by atoms with Crippen molar-refractivity contribution in [3.05, 3.63) is 52.0 Å². The summed E-state index contributed by atoms with van der Waals surface area (Å²) >= 11 is 1.81. The fourth-order valence-electron chi connectivity index (χ4n) is 4.26. The molecule has 2 fully saturated rings. The minimum Gasteiger partial charge on any atom is -0.373 e. The third kappa shape index (κ3) is 6.40. The number of halogens is 1. The zero-order valence-electron chi connectivity index (χ0n) is 18.5. The quantitative estimate of drug-likeness (QED) is 0.323. The molecule has 1 aromatic carbocycles. The second-order valence-electron chi connectivity index (χ2n) is 7.90. The van der Waals surface area contributed by atoms with Gasteiger partial charge in [0, 0.05) is 56.8 Å². The van der Waals surface area contributed by atoms with Crippen LogP contribution < -0.4 is 5.32 Å². The highest BCUT2D eigenvalue weighted by Gasteiger charge is 2.41. The summed E-state index contributed by atoms with van der Waals surface area (Å²) in [5, 5.41) is 4.67. The Balaban J connectivity index is 0.00000272. The number of hydrogen-bond acceptors (Lipinski definition) is 5. The highest BCUT2D eigenvalue weighted by Crippen LogP contribution is 2.24. The highest BCUT2D eigenvalue weighted by atomic mass is 127. The van der Waals surface area contributed by atoms with E-state index in [0.717, 1.165) is 64.7 Å². The van der Waals surface area contributed by atoms with Gasteiger partial charge in [0.2, 0.25) is 0 Å². The van der Waals surface area contributed by atoms with Gasteiger partial charge in [-0.1, -0.05) is 37.3 Å². The third-order valence-corrected chi connectivity index (χ3v) is 7.02. The molecule has 2 atom stereocenters. The first kappa shape index (κ1) is 24.4. The average molecular weight is 556 g/mol. The van der Waals surface area contributed by atoms with Crippen molar-refractivity contribution in [3.8, 4) is 0 Å². The highest BCUT2D eigenvalue weighted by molar-refractivity contribution is 14.0. The van der Waals surface area contributed by atoms with Crippen LogP contribution in [0.2, 0.25) is 0 Å². The van der Waals surface area contributed by atoms with Gasteiger partial charge in [-0.05, 0) is 18.9 Å². The lowest BCUT2D eigenvalue weighted by molar-refractivity contribution is -0.0502. The maximum Gasteiger partial charge on any atom is 0.194 e. The number of benzene rings is 1. The van der Waals surface area contributed by atoms with E-state index in [1.807, 2.05) is 6.20 Å². The fourth-order valence-corrected chi connectivity index (χ4v) is 5.11. The van der Waals surface area contributed by atoms with Gasteiger partial charge in [-0.15, -0.1) is 35.3 Å². The van der Waals surface area contributed by atoms with Gasteiger partial charge < -0.3 is 15.0 Å². The van der Waals surface area contributed by atoms with E-state index in [1.165, 1.54) is 15.4 Å². The van der Waals surface area contributed by atoms with Crippen LogP contribution in [0.25, 0.3) is 0 Å². The summed E-state index contributed by atoms with van der Waals surface area (Å²) in [5.74, 6) is 1.00. The van der Waals surface area contributed by atoms with Gasteiger partial charge in [0.1, 0.15) is 0 Å². The van der Waals surface area contributed by atoms with E-state index < -0.39 is 0 Å². The zero-order chi connectivity index (χ0) is 20.8. The van der Waals surface area contributed by atoms with Crippen LogP contribution in [0.3, 0.4) is 0 Å². The number of aryl methyl sites for hydroxylation is 1. The molecule has 2 aliphatic heterocycles. The normalized spacial score (nSPS) is 21.6. The van der Waals surface area contributed by atoms with Gasteiger partial charge in [0.05, 0.1) is 23.8 Å². The summed E-state index contributed by atoms with van der Waals surface area (Å²) in [7, 11) is 0. The number of aliphatic imine (C=N–C) groups is 1. The predicted octanol–water partition coefficient (Wildman–Crippen LogP) is 3.42. The molecule has 2 aliphatic rings. The monoisotopic (exact) mass is 555 g/mol. The lowest BCUT2D eigenvalue weighted by atomic mass is 10.1. The standard InChI is InChI=1S/C23H33N5OS.HI/c1-3-19-14-26-22(30-19)10-11-25-23(24-4-2)28-16-20-21(17-28)29-13-12-27(20)15-18-8-6-5-7-9-18;/h5-9,14,20-21H,3-4,10-13,15-17H2,1-2H3,(H,24,25);1H. The number of aromatic nitrogens is 1. The number of thiazole rings is 1. The molecule has 3 heterocycles. The number of nitrogens with zero attached hydrogens (tertiary/aromatic N) is 4. The van der Waals surface area contributed by atoms with Gasteiger partial charge in [-0.3, -0.25) is 9.89 Å². The number of ether oxygens (including phenoxy) is 1. The van der Waals surface area contributed by atoms with Crippen LogP contribution in [-0.4, -0.2) is 72.2 Å². The Morgan fingerprint density at radius 1 is 1.26 bits per heavy atom. The van der Waals surface area contributed by atoms with Gasteiger partial charge in [-0.25, -0.2) is 4.98 Å². The topological polar surface area (TPSA) is 53.0 Å². The molecule has 6 nitrogen and oxygen atoms in total. The Kier molecular flexibility index (Phi) is 9.55. The molecule has 2 aromatic rings. The van der Waals surface area contributed by atoms with Crippen LogP contribution in [0.1, 0.15) is 29.3 Å². The van der Waals surface area contributed by atoms with Crippen LogP contribution in [0.4, 0.5) is 0 Å². The summed E-state index contributed by atoms with van der Waals surface area (Å²) in [6, 6.07) is 11.2. The van der Waals surface area contributed by atoms with Crippen LogP contribution in [-0.2, 0) is 24.1 Å². The van der Waals surface area contributed by atoms with E-state index in [4.69, 9.17) is 9.73 Å². The molecule has 0 aliphatic carbocycles. The van der Waals surface area contributed by atoms with Crippen LogP contribution in [0.15, 0.2) is 41.5 Å². The Hall–Kier alpha value is -1.23. The average Bonchev–Trinajstić information content (AvgIpc) is 3.41. The molecule has 2 saturated heterocycles. The predicted molar refractivity (Wildman–Crippen MR) is 139 cm³/mol. The van der Waals surface area contributed by atoms with E-state index in [-0.39, 0.29) is 30.1 Å². The van der Waals surface area contributed by atoms with Crippen molar-refractivity contribution >= 4 is 41.3 Å². The van der Waals surface area contributed by atoms with Crippen molar-refractivity contribution in [3.63, 3.8) is 0 Å². The van der Waals surface area contributed by atoms with Crippen molar-refractivity contribution in [1.29, 1.82) is 0 Å². The number of rotatable bonds is 7. The molecule has 0 amide bonds. The Bertz CT molecular complexity index is 830. The molecule has 8 heteroatoms. The molecule has 2 unspecified atom stereocenters. The second-order valence-corrected chi connectivity index (χ2v) is 9.10. The molecule has 0 saturated carbocycles. The number of guanidine groups is 1. The van der Waals surface area contributed by atoms with Crippen molar-refractivity contribution in [2.45, 2.75) is 45.4 Å². The minimum absolute atomic E-state index is 0. The van der Waals surface area contributed by atoms with Crippen molar-refractivity contribution in [2.75, 3.05) is 39.3 Å². The van der Waals surface area contributed by atoms with Crippen molar-refractivity contribution in [1.82, 2.24) is 20.1 Å². The first-order valence-electron chi connectivity index (χ1n) is 11.1. The molecule has 1 N–H and O–H groups in total. The maximum absolute atomic E-state index is 6.14. The maximum atomic E-state index is 6.14. The number of hydrogen-bond donors (Lipinski definition) is 1. The van der Waals surface area contributed by atoms with Crippen LogP contribution in [0.5, 0.6) is 0 Å². The Morgan fingerprint density at radius 3 is 2.84 bits per heavy atom. The summed E-state index contributed by atoms with van der Waals surface area (Å²) in [6.07, 6.45) is 4.20. The van der Waals surface area contributed by atoms with Gasteiger partial charge in [0.25, 0.3) is 0 Å². The number of likely N-dealkylation sites (tertiary alicyclic amines) is 1. The summed E-state index contributed by atoms with van der Waals surface area (Å²) in [4.78, 5) is 15.7. The van der Waals surface area contributed by atoms with E-state index in [1.54, 1.807) is 11.3 Å². The number of fused-ring (bicyclic) bond motifs is 1. The molecule has 170 valence electrons. The molecular formula is C23H34IN5OS. The zero-order valence-corrected chi connectivity index (χ0v) is 21.6. The van der Waals surface area contributed by atoms with Gasteiger partial charge in [0.15, 0.2) is 5.96 Å². The smallest absolute Gasteiger partial charge is 0.194 e. The van der Waals surface area contributed by atoms with Crippen molar-refractivity contribution < 1.29 is 4.74 Å². The SMILES string of the molecule is CCNC(=NCCc1ncc(CC)s1)N1CC2OCCN(Cc3ccccc3)C2C1.I. The van der Waals surface area contributed by atoms with E-state index in [2.05, 4.69) is 64.3 Å². The molecule has 4 rings (SSSR count). The first-order valence-corrected chi connectivity index (χ1v) is 11.9. The Morgan fingerprint density at radius 2 is 2.10 bits per heavy atom. The summed E-state index contributed by atoms with van der Waals surface area (Å²) < 4.78 is 6.14. The third-order valence-electron chi connectivity index (χ3n) is 5.82. The molecular weight excluding hydrogens is 521 g/mol. The van der Waals surface area contributed by atoms with E-state index in [0.29, 0.717) is 6.04 Å². The molecule has 0 radical (unpaired) electrons. The lowest BCUT2D eigenvalue weighted by Crippen LogP contribution is -2.50. The summed E-state index contributed by atoms with van der Waals surface area (Å²) in [6.45, 7) is 10.6. The van der Waals surface area contributed by atoms with Gasteiger partial charge >= 0.3 is 0 Å². The lowest BCUT2D eigenvalue weighted by Gasteiger charge is -2.36. The number of morpholine rings is 1. The molecule has 0 bridgehead atoms. The molecule has 1 aromatic heterocycles. The fraction of sp³-hybridized carbons (Fsp3) is 0.565. The largest absolute Gasteiger partial charge is 0.373 e. The molecule has 0 spiro atoms. The van der Waals surface area contributed by atoms with Crippen LogP contribution in [0, 0.1) is 0 Å².